The first-order valence-corrected chi connectivity index (χ1v) is 19.3. The highest BCUT2D eigenvalue weighted by Crippen LogP contribution is 2.27. The summed E-state index contributed by atoms with van der Waals surface area (Å²) in [4.78, 5) is 41.7. The van der Waals surface area contributed by atoms with Crippen molar-refractivity contribution in [3.05, 3.63) is 71.8 Å². The molecule has 2 aromatic rings. The van der Waals surface area contributed by atoms with Gasteiger partial charge in [0.25, 0.3) is 0 Å². The minimum absolute atomic E-state index is 0.0522. The maximum atomic E-state index is 14.2. The van der Waals surface area contributed by atoms with E-state index in [-0.39, 0.29) is 45.3 Å². The summed E-state index contributed by atoms with van der Waals surface area (Å²) in [5.74, 6) is 0. The molecule has 5 rings (SSSR count). The summed E-state index contributed by atoms with van der Waals surface area (Å²) in [7, 11) is 0. The summed E-state index contributed by atoms with van der Waals surface area (Å²) in [5, 5.41) is 14.3. The topological polar surface area (TPSA) is 149 Å². The molecule has 4 N–H and O–H groups in total. The van der Waals surface area contributed by atoms with E-state index in [1.165, 1.54) is 0 Å². The van der Waals surface area contributed by atoms with Gasteiger partial charge < -0.3 is 29.4 Å². The first-order chi connectivity index (χ1) is 25.7. The number of carbonyl (C=O) groups excluding carboxylic acids is 2. The van der Waals surface area contributed by atoms with Crippen LogP contribution in [0.2, 0.25) is 0 Å². The predicted octanol–water partition coefficient (Wildman–Crippen LogP) is 5.20. The van der Waals surface area contributed by atoms with E-state index in [0.717, 1.165) is 62.5 Å². The highest BCUT2D eigenvalue weighted by Gasteiger charge is 2.42. The molecule has 0 radical (unpaired) electrons. The molecule has 0 spiro atoms. The van der Waals surface area contributed by atoms with Crippen molar-refractivity contribution in [1.29, 1.82) is 0 Å². The molecule has 294 valence electrons. The lowest BCUT2D eigenvalue weighted by molar-refractivity contribution is -0.157. The molecule has 2 amide bonds. The van der Waals surface area contributed by atoms with Gasteiger partial charge in [-0.2, -0.15) is 11.0 Å². The lowest BCUT2D eigenvalue weighted by Crippen LogP contribution is -2.61. The number of alkyl carbamates (subject to hydrolysis) is 1. The van der Waals surface area contributed by atoms with Gasteiger partial charge in [0.1, 0.15) is 12.9 Å². The van der Waals surface area contributed by atoms with Gasteiger partial charge in [-0.1, -0.05) is 86.3 Å². The first kappa shape index (κ1) is 40.9. The van der Waals surface area contributed by atoms with Gasteiger partial charge in [0.05, 0.1) is 50.2 Å². The normalized spacial score (nSPS) is 19.7. The Hall–Kier alpha value is -3.30. The lowest BCUT2D eigenvalue weighted by Gasteiger charge is -2.44. The number of nitrogens with one attached hydrogen (secondary N) is 3. The molecule has 1 saturated heterocycles. The summed E-state index contributed by atoms with van der Waals surface area (Å²) in [5.41, 5.74) is 7.17. The maximum Gasteiger partial charge on any atom is 0.411 e. The number of ether oxygens (including phenoxy) is 4. The number of nitrogens with zero attached hydrogens (tertiary/aromatic N) is 1. The van der Waals surface area contributed by atoms with Gasteiger partial charge in [-0.15, -0.1) is 0 Å². The molecular weight excluding hydrogens is 680 g/mol. The van der Waals surface area contributed by atoms with Gasteiger partial charge >= 0.3 is 12.2 Å². The molecule has 1 aliphatic heterocycles. The van der Waals surface area contributed by atoms with Crippen molar-refractivity contribution in [2.24, 2.45) is 0 Å². The van der Waals surface area contributed by atoms with Crippen molar-refractivity contribution < 1.29 is 43.3 Å². The van der Waals surface area contributed by atoms with Crippen LogP contribution in [0.15, 0.2) is 60.7 Å². The molecular formula is C40H60N4O9. The summed E-state index contributed by atoms with van der Waals surface area (Å²) < 4.78 is 23.1. The van der Waals surface area contributed by atoms with Crippen LogP contribution in [-0.4, -0.2) is 103 Å². The minimum atomic E-state index is -0.993. The van der Waals surface area contributed by atoms with Crippen LogP contribution in [0, 0.1) is 0 Å². The van der Waals surface area contributed by atoms with Crippen molar-refractivity contribution in [2.45, 2.75) is 133 Å². The van der Waals surface area contributed by atoms with Crippen LogP contribution in [0.4, 0.5) is 9.59 Å². The zero-order chi connectivity index (χ0) is 37.5. The van der Waals surface area contributed by atoms with Gasteiger partial charge in [0.15, 0.2) is 6.10 Å². The Morgan fingerprint density at radius 3 is 1.87 bits per heavy atom. The number of carbonyl (C=O) groups is 2. The van der Waals surface area contributed by atoms with E-state index in [2.05, 4.69) is 16.3 Å². The summed E-state index contributed by atoms with van der Waals surface area (Å²) in [6, 6.07) is 18.0. The average Bonchev–Trinajstić information content (AvgIpc) is 3.87. The van der Waals surface area contributed by atoms with Crippen LogP contribution in [0.25, 0.3) is 0 Å². The van der Waals surface area contributed by atoms with Crippen LogP contribution >= 0.6 is 0 Å². The van der Waals surface area contributed by atoms with E-state index >= 15 is 0 Å². The Bertz CT molecular complexity index is 1350. The summed E-state index contributed by atoms with van der Waals surface area (Å²) in [6.07, 6.45) is 5.36. The zero-order valence-corrected chi connectivity index (χ0v) is 31.6. The monoisotopic (exact) mass is 740 g/mol. The van der Waals surface area contributed by atoms with E-state index in [1.807, 2.05) is 81.4 Å². The van der Waals surface area contributed by atoms with Gasteiger partial charge in [0.2, 0.25) is 0 Å². The molecule has 2 unspecified atom stereocenters. The molecule has 3 aliphatic rings. The molecule has 2 aromatic carbocycles. The molecule has 0 aromatic heterocycles. The molecule has 13 nitrogen and oxygen atoms in total. The summed E-state index contributed by atoms with van der Waals surface area (Å²) in [6.45, 7) is 6.57. The fourth-order valence-electron chi connectivity index (χ4n) is 7.27. The van der Waals surface area contributed by atoms with Crippen LogP contribution in [0.5, 0.6) is 0 Å². The van der Waals surface area contributed by atoms with E-state index in [9.17, 15) is 14.7 Å². The Kier molecular flexibility index (Phi) is 16.2. The second-order valence-electron chi connectivity index (χ2n) is 15.4. The third kappa shape index (κ3) is 13.5. The van der Waals surface area contributed by atoms with Crippen molar-refractivity contribution in [3.8, 4) is 0 Å². The van der Waals surface area contributed by atoms with Crippen LogP contribution in [0.3, 0.4) is 0 Å². The number of hydrogen-bond acceptors (Lipinski definition) is 11. The van der Waals surface area contributed by atoms with E-state index in [1.54, 1.807) is 4.90 Å². The first-order valence-electron chi connectivity index (χ1n) is 19.3. The molecule has 2 saturated carbocycles. The highest BCUT2D eigenvalue weighted by atomic mass is 16.7. The largest absolute Gasteiger partial charge is 0.443 e. The standard InChI is InChI=1S/C40H60N4O9/c1-40(2,3)44(39(47)50-33-26-48-28-49-27-33)35(23-30-16-8-5-9-17-30)37(25-42-53-32-20-12-13-21-32)51-38(46)43-34(22-29-14-6-4-7-15-29)36(45)24-41-52-31-18-10-11-19-31/h4-9,14-17,31-37,41-42,45H,10-13,18-28H2,1-3H3,(H,43,46)/t34-,35?,36-,37?/m0/s1. The smallest absolute Gasteiger partial charge is 0.411 e. The van der Waals surface area contributed by atoms with E-state index < -0.39 is 48.1 Å². The van der Waals surface area contributed by atoms with E-state index in [4.69, 9.17) is 28.6 Å². The van der Waals surface area contributed by atoms with Gasteiger partial charge in [-0.05, 0) is 70.4 Å². The van der Waals surface area contributed by atoms with Crippen LogP contribution in [-0.2, 0) is 41.5 Å². The van der Waals surface area contributed by atoms with Crippen molar-refractivity contribution in [1.82, 2.24) is 21.2 Å². The predicted molar refractivity (Wildman–Crippen MR) is 199 cm³/mol. The lowest BCUT2D eigenvalue weighted by atomic mass is 9.94. The molecule has 53 heavy (non-hydrogen) atoms. The third-order valence-electron chi connectivity index (χ3n) is 10.0. The average molecular weight is 741 g/mol. The second-order valence-corrected chi connectivity index (χ2v) is 15.4. The Morgan fingerprint density at radius 2 is 1.32 bits per heavy atom. The van der Waals surface area contributed by atoms with Crippen molar-refractivity contribution in [3.63, 3.8) is 0 Å². The van der Waals surface area contributed by atoms with Gasteiger partial charge in [-0.25, -0.2) is 9.59 Å². The Balaban J connectivity index is 1.38. The quantitative estimate of drug-likeness (QED) is 0.150. The van der Waals surface area contributed by atoms with Crippen LogP contribution in [0.1, 0.15) is 83.3 Å². The third-order valence-corrected chi connectivity index (χ3v) is 10.0. The second kappa shape index (κ2) is 21.0. The molecule has 3 fully saturated rings. The molecule has 1 heterocycles. The number of amides is 2. The minimum Gasteiger partial charge on any atom is -0.443 e. The number of hydrogen-bond donors (Lipinski definition) is 4. The number of aliphatic hydroxyl groups is 1. The zero-order valence-electron chi connectivity index (χ0n) is 31.6. The summed E-state index contributed by atoms with van der Waals surface area (Å²) >= 11 is 0. The van der Waals surface area contributed by atoms with Gasteiger partial charge in [-0.3, -0.25) is 14.6 Å². The fraction of sp³-hybridized carbons (Fsp3) is 0.650. The molecule has 4 atom stereocenters. The highest BCUT2D eigenvalue weighted by molar-refractivity contribution is 5.70. The van der Waals surface area contributed by atoms with Gasteiger partial charge in [0, 0.05) is 12.1 Å². The van der Waals surface area contributed by atoms with Crippen LogP contribution < -0.4 is 16.3 Å². The van der Waals surface area contributed by atoms with Crippen molar-refractivity contribution in [2.75, 3.05) is 33.1 Å². The van der Waals surface area contributed by atoms with Crippen molar-refractivity contribution >= 4 is 12.2 Å². The SMILES string of the molecule is CC(C)(C)N(C(=O)OC1COCOC1)C(Cc1ccccc1)C(CNOC1CCCC1)OC(=O)N[C@@H](Cc1ccccc1)[C@@H](O)CNOC1CCCC1. The Labute approximate surface area is 314 Å². The number of benzene rings is 2. The maximum absolute atomic E-state index is 14.2. The Morgan fingerprint density at radius 1 is 0.792 bits per heavy atom. The number of hydroxylamine groups is 2. The van der Waals surface area contributed by atoms with E-state index in [0.29, 0.717) is 12.8 Å². The number of rotatable bonds is 18. The fourth-order valence-corrected chi connectivity index (χ4v) is 7.27. The molecule has 2 aliphatic carbocycles. The molecule has 0 bridgehead atoms. The number of aliphatic hydroxyl groups excluding tert-OH is 1. The molecule has 13 heteroatoms.